The third-order valence-electron chi connectivity index (χ3n) is 2.51. The number of likely N-dealkylation sites (N-methyl/N-ethyl adjacent to an activating group) is 1. The molecule has 0 aliphatic carbocycles. The molecule has 0 saturated carbocycles. The molecule has 0 aromatic carbocycles. The predicted octanol–water partition coefficient (Wildman–Crippen LogP) is 3.63. The van der Waals surface area contributed by atoms with Crippen LogP contribution < -0.4 is 5.32 Å². The van der Waals surface area contributed by atoms with E-state index in [0.29, 0.717) is 25.1 Å². The molecule has 0 saturated heterocycles. The number of hydrogen-bond acceptors (Lipinski definition) is 3. The second-order valence-corrected chi connectivity index (χ2v) is 4.79. The van der Waals surface area contributed by atoms with Gasteiger partial charge in [-0.15, -0.1) is 11.3 Å². The van der Waals surface area contributed by atoms with Crippen LogP contribution in [-0.4, -0.2) is 20.2 Å². The van der Waals surface area contributed by atoms with Crippen molar-refractivity contribution in [3.8, 4) is 0 Å². The summed E-state index contributed by atoms with van der Waals surface area (Å²) >= 11 is 0.839. The second kappa shape index (κ2) is 6.54. The number of nitrogens with one attached hydrogen (secondary N) is 1. The van der Waals surface area contributed by atoms with E-state index in [1.807, 2.05) is 13.8 Å². The van der Waals surface area contributed by atoms with E-state index in [1.54, 1.807) is 7.05 Å². The van der Waals surface area contributed by atoms with E-state index in [4.69, 9.17) is 4.74 Å². The van der Waals surface area contributed by atoms with Gasteiger partial charge in [0.25, 0.3) is 0 Å². The van der Waals surface area contributed by atoms with Crippen LogP contribution in [0.25, 0.3) is 0 Å². The van der Waals surface area contributed by atoms with Crippen LogP contribution in [0.3, 0.4) is 0 Å². The number of ether oxygens (including phenoxy) is 1. The summed E-state index contributed by atoms with van der Waals surface area (Å²) in [5.74, 6) is 0. The number of fused-ring (bicyclic) bond motifs is 1. The molecule has 2 heterocycles. The van der Waals surface area contributed by atoms with E-state index in [-0.39, 0.29) is 6.10 Å². The largest absolute Gasteiger partial charge is 0.425 e. The van der Waals surface area contributed by atoms with Gasteiger partial charge < -0.3 is 10.1 Å². The van der Waals surface area contributed by atoms with E-state index in [9.17, 15) is 13.2 Å². The first-order valence-corrected chi connectivity index (χ1v) is 6.80. The van der Waals surface area contributed by atoms with Gasteiger partial charge in [0, 0.05) is 17.8 Å². The Hall–Kier alpha value is -0.590. The highest BCUT2D eigenvalue weighted by molar-refractivity contribution is 7.12. The van der Waals surface area contributed by atoms with Crippen LogP contribution in [0, 0.1) is 0 Å². The molecule has 1 aromatic rings. The maximum absolute atomic E-state index is 12.5. The number of thiophene rings is 1. The molecule has 0 fully saturated rings. The fraction of sp³-hybridized carbons (Fsp3) is 0.667. The molecular formula is C12H18F3NOS. The van der Waals surface area contributed by atoms with Crippen molar-refractivity contribution >= 4 is 11.3 Å². The lowest BCUT2D eigenvalue weighted by Crippen LogP contribution is -2.24. The van der Waals surface area contributed by atoms with Gasteiger partial charge in [0.15, 0.2) is 0 Å². The Morgan fingerprint density at radius 2 is 2.11 bits per heavy atom. The number of rotatable bonds is 2. The average molecular weight is 281 g/mol. The molecule has 2 nitrogen and oxygen atoms in total. The lowest BCUT2D eigenvalue weighted by Gasteiger charge is -2.22. The van der Waals surface area contributed by atoms with Crippen LogP contribution in [0.1, 0.15) is 35.3 Å². The summed E-state index contributed by atoms with van der Waals surface area (Å²) < 4.78 is 43.1. The Kier molecular flexibility index (Phi) is 5.62. The SMILES string of the molecule is CC.CNCC1OCCc2sc(C(F)(F)F)cc21. The number of hydrogen-bond donors (Lipinski definition) is 1. The molecule has 1 N–H and O–H groups in total. The van der Waals surface area contributed by atoms with Gasteiger partial charge in [-0.3, -0.25) is 0 Å². The lowest BCUT2D eigenvalue weighted by atomic mass is 10.1. The average Bonchev–Trinajstić information content (AvgIpc) is 2.77. The van der Waals surface area contributed by atoms with Crippen LogP contribution in [0.2, 0.25) is 0 Å². The fourth-order valence-corrected chi connectivity index (χ4v) is 2.85. The van der Waals surface area contributed by atoms with Crippen LogP contribution in [0.15, 0.2) is 6.07 Å². The molecule has 1 aromatic heterocycles. The standard InChI is InChI=1S/C10H12F3NOS.C2H6/c1-14-5-7-6-4-9(10(11,12)13)16-8(6)2-3-15-7;1-2/h4,7,14H,2-3,5H2,1H3;1-2H3. The van der Waals surface area contributed by atoms with Crippen molar-refractivity contribution < 1.29 is 17.9 Å². The molecule has 1 aliphatic rings. The summed E-state index contributed by atoms with van der Waals surface area (Å²) in [6.45, 7) is 5.04. The Bertz CT molecular complexity index is 376. The topological polar surface area (TPSA) is 21.3 Å². The molecule has 1 atom stereocenters. The van der Waals surface area contributed by atoms with Crippen molar-refractivity contribution in [3.63, 3.8) is 0 Å². The summed E-state index contributed by atoms with van der Waals surface area (Å²) in [4.78, 5) is 0.280. The van der Waals surface area contributed by atoms with E-state index in [2.05, 4.69) is 5.32 Å². The Morgan fingerprint density at radius 1 is 1.44 bits per heavy atom. The van der Waals surface area contributed by atoms with Gasteiger partial charge >= 0.3 is 6.18 Å². The maximum atomic E-state index is 12.5. The Morgan fingerprint density at radius 3 is 2.67 bits per heavy atom. The Balaban J connectivity index is 0.000000771. The molecule has 0 amide bonds. The van der Waals surface area contributed by atoms with Crippen molar-refractivity contribution in [1.29, 1.82) is 0 Å². The molecule has 1 aliphatic heterocycles. The maximum Gasteiger partial charge on any atom is 0.425 e. The van der Waals surface area contributed by atoms with Crippen LogP contribution >= 0.6 is 11.3 Å². The van der Waals surface area contributed by atoms with Gasteiger partial charge in [-0.25, -0.2) is 0 Å². The van der Waals surface area contributed by atoms with Crippen molar-refractivity contribution in [1.82, 2.24) is 5.32 Å². The highest BCUT2D eigenvalue weighted by Crippen LogP contribution is 2.41. The summed E-state index contributed by atoms with van der Waals surface area (Å²) in [5, 5.41) is 2.92. The third kappa shape index (κ3) is 3.46. The predicted molar refractivity (Wildman–Crippen MR) is 67.0 cm³/mol. The molecular weight excluding hydrogens is 263 g/mol. The minimum Gasteiger partial charge on any atom is -0.372 e. The fourth-order valence-electron chi connectivity index (χ4n) is 1.79. The van der Waals surface area contributed by atoms with Crippen molar-refractivity contribution in [3.05, 3.63) is 21.4 Å². The normalized spacial score (nSPS) is 18.9. The zero-order chi connectivity index (χ0) is 13.8. The van der Waals surface area contributed by atoms with Gasteiger partial charge in [0.05, 0.1) is 12.7 Å². The first-order chi connectivity index (χ1) is 8.52. The first kappa shape index (κ1) is 15.5. The van der Waals surface area contributed by atoms with Crippen LogP contribution in [0.5, 0.6) is 0 Å². The highest BCUT2D eigenvalue weighted by atomic mass is 32.1. The zero-order valence-corrected chi connectivity index (χ0v) is 11.5. The monoisotopic (exact) mass is 281 g/mol. The van der Waals surface area contributed by atoms with Gasteiger partial charge in [0.1, 0.15) is 4.88 Å². The second-order valence-electron chi connectivity index (χ2n) is 3.65. The smallest absolute Gasteiger partial charge is 0.372 e. The molecule has 1 unspecified atom stereocenters. The molecule has 18 heavy (non-hydrogen) atoms. The quantitative estimate of drug-likeness (QED) is 0.894. The summed E-state index contributed by atoms with van der Waals surface area (Å²) in [6, 6.07) is 1.22. The van der Waals surface area contributed by atoms with E-state index < -0.39 is 11.1 Å². The number of halogens is 3. The third-order valence-corrected chi connectivity index (χ3v) is 3.76. The van der Waals surface area contributed by atoms with Gasteiger partial charge in [-0.2, -0.15) is 13.2 Å². The molecule has 6 heteroatoms. The zero-order valence-electron chi connectivity index (χ0n) is 10.7. The Labute approximate surface area is 109 Å². The van der Waals surface area contributed by atoms with Gasteiger partial charge in [-0.05, 0) is 18.7 Å². The van der Waals surface area contributed by atoms with E-state index in [1.165, 1.54) is 6.07 Å². The van der Waals surface area contributed by atoms with Gasteiger partial charge in [-0.1, -0.05) is 13.8 Å². The highest BCUT2D eigenvalue weighted by Gasteiger charge is 2.35. The van der Waals surface area contributed by atoms with Crippen molar-refractivity contribution in [2.24, 2.45) is 0 Å². The van der Waals surface area contributed by atoms with Gasteiger partial charge in [0.2, 0.25) is 0 Å². The minimum absolute atomic E-state index is 0.249. The van der Waals surface area contributed by atoms with E-state index >= 15 is 0 Å². The minimum atomic E-state index is -4.24. The summed E-state index contributed by atoms with van der Waals surface area (Å²) in [6.07, 6.45) is -3.91. The molecule has 104 valence electrons. The number of alkyl halides is 3. The molecule has 0 spiro atoms. The van der Waals surface area contributed by atoms with Crippen LogP contribution in [0.4, 0.5) is 13.2 Å². The lowest BCUT2D eigenvalue weighted by molar-refractivity contribution is -0.134. The van der Waals surface area contributed by atoms with Crippen LogP contribution in [-0.2, 0) is 17.3 Å². The summed E-state index contributed by atoms with van der Waals surface area (Å²) in [5.41, 5.74) is 0.693. The summed E-state index contributed by atoms with van der Waals surface area (Å²) in [7, 11) is 1.76. The first-order valence-electron chi connectivity index (χ1n) is 5.98. The molecule has 2 rings (SSSR count). The van der Waals surface area contributed by atoms with Crippen molar-refractivity contribution in [2.45, 2.75) is 32.5 Å². The van der Waals surface area contributed by atoms with Crippen molar-refractivity contribution in [2.75, 3.05) is 20.2 Å². The van der Waals surface area contributed by atoms with E-state index in [0.717, 1.165) is 16.2 Å². The molecule has 0 radical (unpaired) electrons. The molecule has 0 bridgehead atoms.